The Hall–Kier alpha value is -3.68. The molecule has 0 spiro atoms. The van der Waals surface area contributed by atoms with Crippen molar-refractivity contribution in [3.8, 4) is 22.3 Å². The molecule has 0 saturated carbocycles. The lowest BCUT2D eigenvalue weighted by Crippen LogP contribution is -2.52. The number of fused-ring (bicyclic) bond motifs is 1. The molecule has 6 rings (SSSR count). The van der Waals surface area contributed by atoms with Gasteiger partial charge in [0.05, 0.1) is 0 Å². The summed E-state index contributed by atoms with van der Waals surface area (Å²) in [6, 6.07) is 15.7. The molecule has 0 unspecified atom stereocenters. The van der Waals surface area contributed by atoms with E-state index >= 15 is 0 Å². The number of likely N-dealkylation sites (tertiary alicyclic amines) is 1. The van der Waals surface area contributed by atoms with Crippen molar-refractivity contribution < 1.29 is 4.79 Å². The molecule has 4 heterocycles. The second-order valence-corrected chi connectivity index (χ2v) is 11.2. The van der Waals surface area contributed by atoms with Gasteiger partial charge >= 0.3 is 0 Å². The van der Waals surface area contributed by atoms with Gasteiger partial charge in [-0.25, -0.2) is 4.98 Å². The maximum absolute atomic E-state index is 11.8. The van der Waals surface area contributed by atoms with Crippen LogP contribution in [0.2, 0.25) is 0 Å². The molecule has 2 fully saturated rings. The Kier molecular flexibility index (Phi) is 6.87. The van der Waals surface area contributed by atoms with Crippen LogP contribution in [0.4, 0.5) is 5.69 Å². The van der Waals surface area contributed by atoms with Crippen molar-refractivity contribution in [2.45, 2.75) is 32.7 Å². The van der Waals surface area contributed by atoms with E-state index in [-0.39, 0.29) is 0 Å². The minimum absolute atomic E-state index is 0.396. The predicted octanol–water partition coefficient (Wildman–Crippen LogP) is 4.83. The highest BCUT2D eigenvalue weighted by Crippen LogP contribution is 2.35. The second kappa shape index (κ2) is 10.5. The lowest BCUT2D eigenvalue weighted by molar-refractivity contribution is 0.0999. The number of carbonyl (C=O) groups is 1. The number of piperazine rings is 1. The maximum Gasteiger partial charge on any atom is 0.248 e. The number of piperidine rings is 1. The van der Waals surface area contributed by atoms with E-state index in [2.05, 4.69) is 57.1 Å². The molecule has 39 heavy (non-hydrogen) atoms. The molecule has 4 aromatic rings. The first-order valence-corrected chi connectivity index (χ1v) is 14.0. The number of primary amides is 1. The van der Waals surface area contributed by atoms with Crippen molar-refractivity contribution in [2.75, 3.05) is 51.2 Å². The Morgan fingerprint density at radius 2 is 1.62 bits per heavy atom. The van der Waals surface area contributed by atoms with Crippen LogP contribution < -0.4 is 10.6 Å². The second-order valence-electron chi connectivity index (χ2n) is 11.2. The van der Waals surface area contributed by atoms with Crippen LogP contribution in [0.5, 0.6) is 0 Å². The number of aromatic amines is 1. The maximum atomic E-state index is 11.8. The minimum Gasteiger partial charge on any atom is -0.369 e. The van der Waals surface area contributed by atoms with E-state index in [0.717, 1.165) is 76.6 Å². The van der Waals surface area contributed by atoms with Crippen molar-refractivity contribution in [2.24, 2.45) is 5.73 Å². The summed E-state index contributed by atoms with van der Waals surface area (Å²) >= 11 is 0. The third-order valence-electron chi connectivity index (χ3n) is 8.96. The van der Waals surface area contributed by atoms with E-state index in [0.29, 0.717) is 5.56 Å². The summed E-state index contributed by atoms with van der Waals surface area (Å²) in [5.41, 5.74) is 14.6. The Balaban J connectivity index is 1.20. The van der Waals surface area contributed by atoms with Crippen molar-refractivity contribution in [3.05, 3.63) is 71.5 Å². The van der Waals surface area contributed by atoms with Gasteiger partial charge in [0.1, 0.15) is 5.65 Å². The number of pyridine rings is 1. The number of carbonyl (C=O) groups excluding carboxylic acids is 1. The zero-order valence-corrected chi connectivity index (χ0v) is 23.2. The Bertz CT molecular complexity index is 1490. The number of hydrogen-bond acceptors (Lipinski definition) is 5. The first-order chi connectivity index (χ1) is 18.9. The fraction of sp³-hybridized carbons (Fsp3) is 0.375. The molecule has 2 aliphatic rings. The number of rotatable bonds is 5. The van der Waals surface area contributed by atoms with Crippen LogP contribution in [0.3, 0.4) is 0 Å². The summed E-state index contributed by atoms with van der Waals surface area (Å²) in [6.45, 7) is 10.9. The fourth-order valence-corrected chi connectivity index (χ4v) is 6.33. The zero-order chi connectivity index (χ0) is 27.1. The summed E-state index contributed by atoms with van der Waals surface area (Å²) in [5.74, 6) is -0.396. The average molecular weight is 523 g/mol. The van der Waals surface area contributed by atoms with Crippen molar-refractivity contribution in [3.63, 3.8) is 0 Å². The third-order valence-corrected chi connectivity index (χ3v) is 8.96. The van der Waals surface area contributed by atoms with Crippen molar-refractivity contribution >= 4 is 22.6 Å². The quantitative estimate of drug-likeness (QED) is 0.392. The van der Waals surface area contributed by atoms with E-state index in [9.17, 15) is 4.79 Å². The van der Waals surface area contributed by atoms with Crippen LogP contribution in [-0.4, -0.2) is 78.0 Å². The number of anilines is 1. The number of H-pyrrole nitrogens is 1. The molecule has 0 atom stereocenters. The monoisotopic (exact) mass is 522 g/mol. The van der Waals surface area contributed by atoms with E-state index < -0.39 is 5.91 Å². The fourth-order valence-electron chi connectivity index (χ4n) is 6.33. The Morgan fingerprint density at radius 3 is 2.31 bits per heavy atom. The van der Waals surface area contributed by atoms with Crippen molar-refractivity contribution in [1.82, 2.24) is 19.8 Å². The van der Waals surface area contributed by atoms with Gasteiger partial charge in [-0.15, -0.1) is 0 Å². The highest BCUT2D eigenvalue weighted by molar-refractivity contribution is 5.99. The molecule has 0 bridgehead atoms. The molecule has 1 amide bonds. The van der Waals surface area contributed by atoms with E-state index in [4.69, 9.17) is 10.7 Å². The molecule has 0 aliphatic carbocycles. The summed E-state index contributed by atoms with van der Waals surface area (Å²) < 4.78 is 0. The standard InChI is InChI=1S/C32H38N6O/c1-21-22(2)28(31(33)39)9-8-27(21)30-20-35-32-29(30)18-24(19-34-32)23-4-6-25(7-5-23)37-14-16-38(17-15-37)26-10-12-36(3)13-11-26/h4-9,18-20,26H,10-17H2,1-3H3,(H2,33,39)(H,34,35). The van der Waals surface area contributed by atoms with Gasteiger partial charge in [-0.05, 0) is 93.3 Å². The number of hydrogen-bond donors (Lipinski definition) is 2. The number of nitrogens with zero attached hydrogens (tertiary/aromatic N) is 4. The number of nitrogens with one attached hydrogen (secondary N) is 1. The average Bonchev–Trinajstić information content (AvgIpc) is 3.38. The van der Waals surface area contributed by atoms with Crippen molar-refractivity contribution in [1.29, 1.82) is 0 Å². The van der Waals surface area contributed by atoms with Gasteiger partial charge in [0.15, 0.2) is 0 Å². The smallest absolute Gasteiger partial charge is 0.248 e. The zero-order valence-electron chi connectivity index (χ0n) is 23.2. The summed E-state index contributed by atoms with van der Waals surface area (Å²) in [7, 11) is 2.23. The topological polar surface area (TPSA) is 81.5 Å². The van der Waals surface area contributed by atoms with Gasteiger partial charge in [-0.2, -0.15) is 0 Å². The predicted molar refractivity (Wildman–Crippen MR) is 159 cm³/mol. The van der Waals surface area contributed by atoms with Crippen LogP contribution >= 0.6 is 0 Å². The molecule has 2 aliphatic heterocycles. The first-order valence-electron chi connectivity index (χ1n) is 14.0. The Morgan fingerprint density at radius 1 is 0.897 bits per heavy atom. The SMILES string of the molecule is Cc1c(C(N)=O)ccc(-c2c[nH]c3ncc(-c4ccc(N5CCN(C6CCN(C)CC6)CC5)cc4)cc23)c1C. The highest BCUT2D eigenvalue weighted by Gasteiger charge is 2.26. The third kappa shape index (κ3) is 4.92. The molecule has 0 radical (unpaired) electrons. The van der Waals surface area contributed by atoms with E-state index in [1.165, 1.54) is 31.6 Å². The van der Waals surface area contributed by atoms with Crippen LogP contribution in [0, 0.1) is 13.8 Å². The lowest BCUT2D eigenvalue weighted by Gasteiger charge is -2.42. The summed E-state index contributed by atoms with van der Waals surface area (Å²) in [5, 5.41) is 1.07. The van der Waals surface area contributed by atoms with Crippen LogP contribution in [0.15, 0.2) is 54.9 Å². The van der Waals surface area contributed by atoms with Gasteiger partial charge in [0.2, 0.25) is 5.91 Å². The molecule has 2 aromatic carbocycles. The Labute approximate surface area is 230 Å². The van der Waals surface area contributed by atoms with Crippen LogP contribution in [-0.2, 0) is 0 Å². The number of nitrogens with two attached hydrogens (primary N) is 1. The number of benzene rings is 2. The first kappa shape index (κ1) is 25.6. The molecular weight excluding hydrogens is 484 g/mol. The molecule has 202 valence electrons. The van der Waals surface area contributed by atoms with Crippen LogP contribution in [0.1, 0.15) is 34.3 Å². The summed E-state index contributed by atoms with van der Waals surface area (Å²) in [6.07, 6.45) is 6.53. The van der Waals surface area contributed by atoms with Crippen LogP contribution in [0.25, 0.3) is 33.3 Å². The van der Waals surface area contributed by atoms with Gasteiger partial charge in [-0.1, -0.05) is 18.2 Å². The van der Waals surface area contributed by atoms with Gasteiger partial charge in [0.25, 0.3) is 0 Å². The van der Waals surface area contributed by atoms with E-state index in [1.54, 1.807) is 0 Å². The molecule has 3 N–H and O–H groups in total. The van der Waals surface area contributed by atoms with Gasteiger partial charge in [0, 0.05) is 72.4 Å². The summed E-state index contributed by atoms with van der Waals surface area (Å²) in [4.78, 5) is 27.5. The number of amides is 1. The molecule has 2 saturated heterocycles. The number of aromatic nitrogens is 2. The minimum atomic E-state index is -0.396. The molecule has 2 aromatic heterocycles. The largest absolute Gasteiger partial charge is 0.369 e. The van der Waals surface area contributed by atoms with E-state index in [1.807, 2.05) is 38.4 Å². The molecule has 7 heteroatoms. The molecular formula is C32H38N6O. The lowest BCUT2D eigenvalue weighted by atomic mass is 9.93. The van der Waals surface area contributed by atoms with Gasteiger partial charge in [-0.3, -0.25) is 9.69 Å². The van der Waals surface area contributed by atoms with Gasteiger partial charge < -0.3 is 20.5 Å². The normalized spacial score (nSPS) is 17.7. The molecule has 7 nitrogen and oxygen atoms in total. The highest BCUT2D eigenvalue weighted by atomic mass is 16.1.